The van der Waals surface area contributed by atoms with Crippen LogP contribution in [0.15, 0.2) is 42.5 Å². The van der Waals surface area contributed by atoms with Crippen molar-refractivity contribution in [3.63, 3.8) is 0 Å². The number of aliphatic carboxylic acids is 1. The molecule has 0 bridgehead atoms. The molecule has 1 atom stereocenters. The van der Waals surface area contributed by atoms with Crippen molar-refractivity contribution >= 4 is 11.9 Å². The van der Waals surface area contributed by atoms with Crippen LogP contribution < -0.4 is 5.32 Å². The Labute approximate surface area is 141 Å². The van der Waals surface area contributed by atoms with Gasteiger partial charge in [0, 0.05) is 18.4 Å². The summed E-state index contributed by atoms with van der Waals surface area (Å²) in [7, 11) is 0. The van der Waals surface area contributed by atoms with Crippen LogP contribution in [-0.2, 0) is 16.0 Å². The minimum atomic E-state index is -1.08. The van der Waals surface area contributed by atoms with Gasteiger partial charge in [-0.25, -0.2) is 4.79 Å². The number of aromatic hydroxyl groups is 1. The standard InChI is InChI=1S/C19H21NO4/c1-3-18(22)20-16(19(23)24)11-13-6-9-17(21)15(10-13)14-7-4-12(2)5-8-14/h4-10,16,21H,3,11H2,1-2H3,(H,20,22)(H,23,24)/t16-/m0/s1. The number of carboxylic acids is 1. The maximum Gasteiger partial charge on any atom is 0.326 e. The molecule has 24 heavy (non-hydrogen) atoms. The zero-order valence-corrected chi connectivity index (χ0v) is 13.7. The molecule has 2 aromatic rings. The summed E-state index contributed by atoms with van der Waals surface area (Å²) < 4.78 is 0. The molecule has 0 saturated heterocycles. The smallest absolute Gasteiger partial charge is 0.326 e. The first-order chi connectivity index (χ1) is 11.4. The third-order valence-corrected chi connectivity index (χ3v) is 3.82. The zero-order chi connectivity index (χ0) is 17.7. The van der Waals surface area contributed by atoms with Gasteiger partial charge >= 0.3 is 5.97 Å². The van der Waals surface area contributed by atoms with E-state index in [1.165, 1.54) is 0 Å². The van der Waals surface area contributed by atoms with Gasteiger partial charge in [-0.15, -0.1) is 0 Å². The molecule has 1 amide bonds. The van der Waals surface area contributed by atoms with E-state index in [-0.39, 0.29) is 24.5 Å². The van der Waals surface area contributed by atoms with Gasteiger partial charge in [0.25, 0.3) is 0 Å². The molecule has 5 nitrogen and oxygen atoms in total. The zero-order valence-electron chi connectivity index (χ0n) is 13.7. The van der Waals surface area contributed by atoms with Crippen molar-refractivity contribution in [1.29, 1.82) is 0 Å². The van der Waals surface area contributed by atoms with Gasteiger partial charge in [-0.3, -0.25) is 4.79 Å². The van der Waals surface area contributed by atoms with Crippen molar-refractivity contribution in [2.45, 2.75) is 32.7 Å². The summed E-state index contributed by atoms with van der Waals surface area (Å²) in [6.07, 6.45) is 0.383. The lowest BCUT2D eigenvalue weighted by Gasteiger charge is -2.15. The second-order valence-electron chi connectivity index (χ2n) is 5.73. The quantitative estimate of drug-likeness (QED) is 0.761. The average Bonchev–Trinajstić information content (AvgIpc) is 2.56. The molecule has 0 aliphatic carbocycles. The molecular formula is C19H21NO4. The number of benzene rings is 2. The van der Waals surface area contributed by atoms with Crippen molar-refractivity contribution < 1.29 is 19.8 Å². The van der Waals surface area contributed by atoms with E-state index < -0.39 is 12.0 Å². The molecule has 0 saturated carbocycles. The third-order valence-electron chi connectivity index (χ3n) is 3.82. The van der Waals surface area contributed by atoms with Crippen LogP contribution in [0.2, 0.25) is 0 Å². The molecule has 0 aliphatic rings. The van der Waals surface area contributed by atoms with E-state index in [0.29, 0.717) is 5.56 Å². The van der Waals surface area contributed by atoms with Crippen LogP contribution in [0.1, 0.15) is 24.5 Å². The molecule has 0 fully saturated rings. The number of phenolic OH excluding ortho intramolecular Hbond substituents is 1. The lowest BCUT2D eigenvalue weighted by Crippen LogP contribution is -2.42. The fraction of sp³-hybridized carbons (Fsp3) is 0.263. The van der Waals surface area contributed by atoms with Gasteiger partial charge in [-0.1, -0.05) is 42.8 Å². The average molecular weight is 327 g/mol. The second kappa shape index (κ2) is 7.64. The molecule has 2 rings (SSSR count). The fourth-order valence-corrected chi connectivity index (χ4v) is 2.41. The van der Waals surface area contributed by atoms with Gasteiger partial charge < -0.3 is 15.5 Å². The second-order valence-corrected chi connectivity index (χ2v) is 5.73. The molecule has 0 spiro atoms. The molecule has 2 aromatic carbocycles. The fourth-order valence-electron chi connectivity index (χ4n) is 2.41. The van der Waals surface area contributed by atoms with Crippen LogP contribution in [0, 0.1) is 6.92 Å². The molecule has 0 unspecified atom stereocenters. The van der Waals surface area contributed by atoms with Crippen molar-refractivity contribution in [2.24, 2.45) is 0 Å². The van der Waals surface area contributed by atoms with Gasteiger partial charge in [0.15, 0.2) is 0 Å². The highest BCUT2D eigenvalue weighted by Crippen LogP contribution is 2.30. The van der Waals surface area contributed by atoms with Crippen molar-refractivity contribution in [1.82, 2.24) is 5.32 Å². The van der Waals surface area contributed by atoms with Gasteiger partial charge in [0.05, 0.1) is 0 Å². The highest BCUT2D eigenvalue weighted by atomic mass is 16.4. The van der Waals surface area contributed by atoms with Crippen LogP contribution in [-0.4, -0.2) is 28.1 Å². The van der Waals surface area contributed by atoms with E-state index in [1.54, 1.807) is 25.1 Å². The maximum absolute atomic E-state index is 11.5. The lowest BCUT2D eigenvalue weighted by atomic mass is 9.98. The van der Waals surface area contributed by atoms with E-state index >= 15 is 0 Å². The third kappa shape index (κ3) is 4.35. The monoisotopic (exact) mass is 327 g/mol. The lowest BCUT2D eigenvalue weighted by molar-refractivity contribution is -0.141. The first-order valence-electron chi connectivity index (χ1n) is 7.81. The highest BCUT2D eigenvalue weighted by Gasteiger charge is 2.20. The number of carbonyl (C=O) groups excluding carboxylic acids is 1. The van der Waals surface area contributed by atoms with E-state index in [9.17, 15) is 19.8 Å². The van der Waals surface area contributed by atoms with Crippen LogP contribution >= 0.6 is 0 Å². The number of nitrogens with one attached hydrogen (secondary N) is 1. The molecule has 0 aromatic heterocycles. The number of carbonyl (C=O) groups is 2. The number of carboxylic acid groups (broad SMARTS) is 1. The Hall–Kier alpha value is -2.82. The Kier molecular flexibility index (Phi) is 5.58. The summed E-state index contributed by atoms with van der Waals surface area (Å²) in [5.41, 5.74) is 3.33. The Bertz CT molecular complexity index is 738. The molecule has 5 heteroatoms. The first kappa shape index (κ1) is 17.5. The number of aryl methyl sites for hydroxylation is 1. The van der Waals surface area contributed by atoms with Crippen LogP contribution in [0.3, 0.4) is 0 Å². The summed E-state index contributed by atoms with van der Waals surface area (Å²) in [6.45, 7) is 3.65. The van der Waals surface area contributed by atoms with Crippen LogP contribution in [0.25, 0.3) is 11.1 Å². The number of phenols is 1. The molecular weight excluding hydrogens is 306 g/mol. The van der Waals surface area contributed by atoms with Crippen molar-refractivity contribution in [2.75, 3.05) is 0 Å². The molecule has 0 heterocycles. The summed E-state index contributed by atoms with van der Waals surface area (Å²) >= 11 is 0. The summed E-state index contributed by atoms with van der Waals surface area (Å²) in [5.74, 6) is -1.26. The van der Waals surface area contributed by atoms with Crippen LogP contribution in [0.5, 0.6) is 5.75 Å². The minimum absolute atomic E-state index is 0.132. The molecule has 0 radical (unpaired) electrons. The Morgan fingerprint density at radius 1 is 1.12 bits per heavy atom. The predicted molar refractivity (Wildman–Crippen MR) is 91.8 cm³/mol. The van der Waals surface area contributed by atoms with Gasteiger partial charge in [-0.05, 0) is 30.2 Å². The first-order valence-corrected chi connectivity index (χ1v) is 7.81. The molecule has 126 valence electrons. The maximum atomic E-state index is 11.5. The number of hydrogen-bond donors (Lipinski definition) is 3. The molecule has 3 N–H and O–H groups in total. The van der Waals surface area contributed by atoms with Gasteiger partial charge in [0.1, 0.15) is 11.8 Å². The number of rotatable bonds is 6. The SMILES string of the molecule is CCC(=O)N[C@@H](Cc1ccc(O)c(-c2ccc(C)cc2)c1)C(=O)O. The van der Waals surface area contributed by atoms with Crippen LogP contribution in [0.4, 0.5) is 0 Å². The van der Waals surface area contributed by atoms with Gasteiger partial charge in [-0.2, -0.15) is 0 Å². The van der Waals surface area contributed by atoms with Crippen molar-refractivity contribution in [3.05, 3.63) is 53.6 Å². The van der Waals surface area contributed by atoms with Crippen molar-refractivity contribution in [3.8, 4) is 16.9 Å². The minimum Gasteiger partial charge on any atom is -0.507 e. The van der Waals surface area contributed by atoms with E-state index in [1.807, 2.05) is 31.2 Å². The van der Waals surface area contributed by atoms with E-state index in [0.717, 1.165) is 16.7 Å². The number of amides is 1. The largest absolute Gasteiger partial charge is 0.507 e. The topological polar surface area (TPSA) is 86.6 Å². The molecule has 0 aliphatic heterocycles. The van der Waals surface area contributed by atoms with Gasteiger partial charge in [0.2, 0.25) is 5.91 Å². The number of hydrogen-bond acceptors (Lipinski definition) is 3. The highest BCUT2D eigenvalue weighted by molar-refractivity contribution is 5.83. The summed E-state index contributed by atoms with van der Waals surface area (Å²) in [6, 6.07) is 11.7. The Morgan fingerprint density at radius 3 is 2.38 bits per heavy atom. The Morgan fingerprint density at radius 2 is 1.79 bits per heavy atom. The normalized spacial score (nSPS) is 11.8. The predicted octanol–water partition coefficient (Wildman–Crippen LogP) is 2.89. The summed E-state index contributed by atoms with van der Waals surface area (Å²) in [4.78, 5) is 22.8. The Balaban J connectivity index is 2.28. The van der Waals surface area contributed by atoms with E-state index in [2.05, 4.69) is 5.32 Å². The van der Waals surface area contributed by atoms with E-state index in [4.69, 9.17) is 0 Å². The summed E-state index contributed by atoms with van der Waals surface area (Å²) in [5, 5.41) is 21.9.